The van der Waals surface area contributed by atoms with Gasteiger partial charge in [-0.1, -0.05) is 29.3 Å². The molecule has 0 spiro atoms. The van der Waals surface area contributed by atoms with E-state index >= 15 is 0 Å². The normalized spacial score (nSPS) is 18.2. The molecule has 1 aliphatic carbocycles. The minimum atomic E-state index is -0.212. The third kappa shape index (κ3) is 5.55. The molecule has 2 N–H and O–H groups in total. The van der Waals surface area contributed by atoms with Gasteiger partial charge in [-0.2, -0.15) is 0 Å². The Morgan fingerprint density at radius 1 is 0.938 bits per heavy atom. The van der Waals surface area contributed by atoms with Gasteiger partial charge in [0.2, 0.25) is 11.8 Å². The molecule has 1 saturated heterocycles. The molecule has 1 aliphatic heterocycles. The molecule has 2 aliphatic rings. The number of piperidine rings is 1. The number of hydrogen-bond donors (Lipinski definition) is 2. The molecule has 6 heteroatoms. The van der Waals surface area contributed by atoms with Crippen LogP contribution in [-0.4, -0.2) is 35.7 Å². The minimum Gasteiger partial charge on any atom is -0.352 e. The van der Waals surface area contributed by atoms with Crippen molar-refractivity contribution in [3.05, 3.63) is 64.7 Å². The third-order valence-electron chi connectivity index (χ3n) is 6.16. The number of nitrogens with zero attached hydrogens (tertiary/aromatic N) is 1. The van der Waals surface area contributed by atoms with Crippen molar-refractivity contribution < 1.29 is 14.4 Å². The van der Waals surface area contributed by atoms with Gasteiger partial charge in [0.05, 0.1) is 5.92 Å². The molecule has 0 aromatic heterocycles. The third-order valence-corrected chi connectivity index (χ3v) is 6.16. The molecule has 1 atom stereocenters. The topological polar surface area (TPSA) is 78.5 Å². The monoisotopic (exact) mass is 433 g/mol. The van der Waals surface area contributed by atoms with Crippen molar-refractivity contribution in [1.29, 1.82) is 0 Å². The summed E-state index contributed by atoms with van der Waals surface area (Å²) >= 11 is 0. The summed E-state index contributed by atoms with van der Waals surface area (Å²) in [6.45, 7) is 5.49. The summed E-state index contributed by atoms with van der Waals surface area (Å²) in [5.74, 6) is -0.0268. The molecule has 1 unspecified atom stereocenters. The van der Waals surface area contributed by atoms with Crippen molar-refractivity contribution in [2.75, 3.05) is 18.4 Å². The zero-order chi connectivity index (χ0) is 22.7. The second-order valence-corrected chi connectivity index (χ2v) is 9.15. The van der Waals surface area contributed by atoms with E-state index < -0.39 is 0 Å². The van der Waals surface area contributed by atoms with Crippen LogP contribution < -0.4 is 10.6 Å². The van der Waals surface area contributed by atoms with Crippen LogP contribution in [0.15, 0.2) is 42.5 Å². The molecule has 3 amide bonds. The quantitative estimate of drug-likeness (QED) is 0.727. The molecular weight excluding hydrogens is 402 g/mol. The highest BCUT2D eigenvalue weighted by atomic mass is 16.2. The lowest BCUT2D eigenvalue weighted by Gasteiger charge is -2.32. The fraction of sp³-hybridized carbons (Fsp3) is 0.423. The summed E-state index contributed by atoms with van der Waals surface area (Å²) in [4.78, 5) is 39.6. The van der Waals surface area contributed by atoms with E-state index in [1.54, 1.807) is 4.90 Å². The maximum absolute atomic E-state index is 13.0. The van der Waals surface area contributed by atoms with Gasteiger partial charge in [0, 0.05) is 36.8 Å². The van der Waals surface area contributed by atoms with E-state index in [-0.39, 0.29) is 29.6 Å². The molecule has 0 bridgehead atoms. The summed E-state index contributed by atoms with van der Waals surface area (Å²) < 4.78 is 0. The van der Waals surface area contributed by atoms with E-state index in [1.807, 2.05) is 50.2 Å². The van der Waals surface area contributed by atoms with Crippen molar-refractivity contribution in [1.82, 2.24) is 10.2 Å². The average molecular weight is 434 g/mol. The van der Waals surface area contributed by atoms with Gasteiger partial charge < -0.3 is 15.5 Å². The first kappa shape index (κ1) is 22.1. The Hall–Kier alpha value is -3.15. The molecule has 4 rings (SSSR count). The van der Waals surface area contributed by atoms with Crippen molar-refractivity contribution in [2.45, 2.75) is 46.1 Å². The molecule has 32 heavy (non-hydrogen) atoms. The number of rotatable bonds is 6. The highest BCUT2D eigenvalue weighted by molar-refractivity contribution is 5.95. The maximum atomic E-state index is 13.0. The number of likely N-dealkylation sites (tertiary alicyclic amines) is 1. The van der Waals surface area contributed by atoms with Gasteiger partial charge >= 0.3 is 0 Å². The molecule has 1 heterocycles. The molecule has 6 nitrogen and oxygen atoms in total. The summed E-state index contributed by atoms with van der Waals surface area (Å²) in [7, 11) is 0. The van der Waals surface area contributed by atoms with Crippen LogP contribution in [-0.2, 0) is 16.1 Å². The number of anilines is 1. The first-order valence-corrected chi connectivity index (χ1v) is 11.4. The van der Waals surface area contributed by atoms with Gasteiger partial charge in [0.1, 0.15) is 0 Å². The molecule has 0 radical (unpaired) electrons. The lowest BCUT2D eigenvalue weighted by atomic mass is 9.96. The van der Waals surface area contributed by atoms with Crippen LogP contribution in [0.4, 0.5) is 5.69 Å². The highest BCUT2D eigenvalue weighted by Gasteiger charge is 2.30. The summed E-state index contributed by atoms with van der Waals surface area (Å²) in [6.07, 6.45) is 3.52. The summed E-state index contributed by atoms with van der Waals surface area (Å²) in [6, 6.07) is 13.5. The number of aryl methyl sites for hydroxylation is 2. The van der Waals surface area contributed by atoms with Crippen LogP contribution in [0.5, 0.6) is 0 Å². The van der Waals surface area contributed by atoms with Crippen LogP contribution in [0, 0.1) is 25.7 Å². The number of hydrogen-bond acceptors (Lipinski definition) is 3. The Morgan fingerprint density at radius 3 is 2.41 bits per heavy atom. The smallest absolute Gasteiger partial charge is 0.253 e. The Balaban J connectivity index is 1.32. The largest absolute Gasteiger partial charge is 0.352 e. The summed E-state index contributed by atoms with van der Waals surface area (Å²) in [5, 5.41) is 5.95. The molecule has 2 aromatic carbocycles. The second-order valence-electron chi connectivity index (χ2n) is 9.15. The first-order chi connectivity index (χ1) is 15.4. The predicted molar refractivity (Wildman–Crippen MR) is 124 cm³/mol. The van der Waals surface area contributed by atoms with Gasteiger partial charge in [-0.3, -0.25) is 14.4 Å². The number of benzene rings is 2. The number of carbonyl (C=O) groups excluding carboxylic acids is 3. The van der Waals surface area contributed by atoms with E-state index in [1.165, 1.54) is 0 Å². The molecule has 2 fully saturated rings. The van der Waals surface area contributed by atoms with Crippen LogP contribution in [0.2, 0.25) is 0 Å². The lowest BCUT2D eigenvalue weighted by Crippen LogP contribution is -2.45. The standard InChI is InChI=1S/C26H31N3O3/c1-17-11-18(2)13-22(12-17)26(32)29-10-4-6-21(16-29)24(30)27-15-19-5-3-7-23(14-19)28-25(31)20-8-9-20/h3,5,7,11-14,20-21H,4,6,8-10,15-16H2,1-2H3,(H,27,30)(H,28,31). The van der Waals surface area contributed by atoms with E-state index in [9.17, 15) is 14.4 Å². The number of carbonyl (C=O) groups is 3. The van der Waals surface area contributed by atoms with Crippen molar-refractivity contribution in [3.8, 4) is 0 Å². The van der Waals surface area contributed by atoms with Gasteiger partial charge in [-0.25, -0.2) is 0 Å². The first-order valence-electron chi connectivity index (χ1n) is 11.4. The Labute approximate surface area is 189 Å². The Morgan fingerprint density at radius 2 is 1.69 bits per heavy atom. The fourth-order valence-corrected chi connectivity index (χ4v) is 4.34. The van der Waals surface area contributed by atoms with Crippen molar-refractivity contribution >= 4 is 23.4 Å². The molecule has 168 valence electrons. The second kappa shape index (κ2) is 9.55. The highest BCUT2D eigenvalue weighted by Crippen LogP contribution is 2.30. The van der Waals surface area contributed by atoms with E-state index in [2.05, 4.69) is 16.7 Å². The zero-order valence-electron chi connectivity index (χ0n) is 18.8. The Kier molecular flexibility index (Phi) is 6.58. The van der Waals surface area contributed by atoms with Crippen LogP contribution in [0.1, 0.15) is 52.7 Å². The van der Waals surface area contributed by atoms with Gasteiger partial charge in [-0.05, 0) is 69.4 Å². The fourth-order valence-electron chi connectivity index (χ4n) is 4.34. The van der Waals surface area contributed by atoms with Gasteiger partial charge in [0.15, 0.2) is 0 Å². The number of nitrogens with one attached hydrogen (secondary N) is 2. The average Bonchev–Trinajstić information content (AvgIpc) is 3.62. The lowest BCUT2D eigenvalue weighted by molar-refractivity contribution is -0.126. The van der Waals surface area contributed by atoms with Gasteiger partial charge in [-0.15, -0.1) is 0 Å². The van der Waals surface area contributed by atoms with E-state index in [0.29, 0.717) is 25.2 Å². The van der Waals surface area contributed by atoms with Crippen molar-refractivity contribution in [2.24, 2.45) is 11.8 Å². The molecule has 2 aromatic rings. The Bertz CT molecular complexity index is 1010. The molecule has 1 saturated carbocycles. The summed E-state index contributed by atoms with van der Waals surface area (Å²) in [5.41, 5.74) is 4.52. The molecular formula is C26H31N3O3. The van der Waals surface area contributed by atoms with Crippen molar-refractivity contribution in [3.63, 3.8) is 0 Å². The SMILES string of the molecule is Cc1cc(C)cc(C(=O)N2CCCC(C(=O)NCc3cccc(NC(=O)C4CC4)c3)C2)c1. The van der Waals surface area contributed by atoms with Gasteiger partial charge in [0.25, 0.3) is 5.91 Å². The minimum absolute atomic E-state index is 0.00611. The maximum Gasteiger partial charge on any atom is 0.253 e. The van der Waals surface area contributed by atoms with Crippen LogP contribution >= 0.6 is 0 Å². The van der Waals surface area contributed by atoms with Crippen LogP contribution in [0.3, 0.4) is 0 Å². The predicted octanol–water partition coefficient (Wildman–Crippen LogP) is 3.82. The zero-order valence-corrected chi connectivity index (χ0v) is 18.8. The van der Waals surface area contributed by atoms with Crippen LogP contribution in [0.25, 0.3) is 0 Å². The number of amides is 3. The van der Waals surface area contributed by atoms with E-state index in [4.69, 9.17) is 0 Å². The van der Waals surface area contributed by atoms with E-state index in [0.717, 1.165) is 48.1 Å².